The minimum Gasteiger partial charge on any atom is -0.384 e. The summed E-state index contributed by atoms with van der Waals surface area (Å²) in [5.74, 6) is 2.71. The zero-order valence-electron chi connectivity index (χ0n) is 15.9. The van der Waals surface area contributed by atoms with Crippen LogP contribution in [0, 0.1) is 5.92 Å². The third-order valence-electron chi connectivity index (χ3n) is 4.49. The maximum atomic E-state index is 5.31. The summed E-state index contributed by atoms with van der Waals surface area (Å²) in [5.41, 5.74) is 1.13. The van der Waals surface area contributed by atoms with Gasteiger partial charge in [-0.15, -0.1) is 0 Å². The largest absolute Gasteiger partial charge is 0.384 e. The van der Waals surface area contributed by atoms with Crippen LogP contribution in [-0.2, 0) is 15.6 Å². The van der Waals surface area contributed by atoms with Crippen LogP contribution in [0.4, 0.5) is 5.82 Å². The van der Waals surface area contributed by atoms with Crippen molar-refractivity contribution >= 4 is 5.82 Å². The first-order valence-corrected chi connectivity index (χ1v) is 8.75. The summed E-state index contributed by atoms with van der Waals surface area (Å²) in [6.07, 6.45) is 2.35. The lowest BCUT2D eigenvalue weighted by molar-refractivity contribution is 0.139. The Hall–Kier alpha value is -1.16. The Morgan fingerprint density at radius 2 is 1.65 bits per heavy atom. The van der Waals surface area contributed by atoms with Crippen LogP contribution < -0.4 is 4.90 Å². The highest BCUT2D eigenvalue weighted by molar-refractivity contribution is 5.42. The molecule has 0 aliphatic carbocycles. The van der Waals surface area contributed by atoms with Crippen LogP contribution in [0.1, 0.15) is 65.9 Å². The van der Waals surface area contributed by atoms with Crippen LogP contribution in [0.3, 0.4) is 0 Å². The van der Waals surface area contributed by atoms with E-state index in [9.17, 15) is 0 Å². The summed E-state index contributed by atoms with van der Waals surface area (Å²) in [4.78, 5) is 12.2. The SMILES string of the molecule is COCC1CCN(c2cc(C(C)(C)C)nc(C(C)(C)C)n2)CC1. The molecule has 4 heteroatoms. The number of methoxy groups -OCH3 is 1. The molecule has 1 saturated heterocycles. The number of aromatic nitrogens is 2. The molecule has 0 radical (unpaired) electrons. The van der Waals surface area contributed by atoms with Crippen LogP contribution in [-0.4, -0.2) is 36.8 Å². The Morgan fingerprint density at radius 3 is 2.13 bits per heavy atom. The van der Waals surface area contributed by atoms with E-state index in [1.165, 1.54) is 12.8 Å². The van der Waals surface area contributed by atoms with E-state index in [1.54, 1.807) is 7.11 Å². The number of nitrogens with zero attached hydrogens (tertiary/aromatic N) is 3. The van der Waals surface area contributed by atoms with Crippen LogP contribution >= 0.6 is 0 Å². The highest BCUT2D eigenvalue weighted by atomic mass is 16.5. The van der Waals surface area contributed by atoms with Crippen molar-refractivity contribution in [2.75, 3.05) is 31.7 Å². The van der Waals surface area contributed by atoms with E-state index in [2.05, 4.69) is 52.5 Å². The number of anilines is 1. The maximum absolute atomic E-state index is 5.31. The van der Waals surface area contributed by atoms with Gasteiger partial charge < -0.3 is 9.64 Å². The van der Waals surface area contributed by atoms with Crippen molar-refractivity contribution in [1.29, 1.82) is 0 Å². The fourth-order valence-corrected chi connectivity index (χ4v) is 2.88. The molecule has 0 amide bonds. The standard InChI is InChI=1S/C19H33N3O/c1-18(2,3)15-12-16(21-17(20-15)19(4,5)6)22-10-8-14(9-11-22)13-23-7/h12,14H,8-11,13H2,1-7H3. The van der Waals surface area contributed by atoms with Gasteiger partial charge in [-0.3, -0.25) is 0 Å². The lowest BCUT2D eigenvalue weighted by Gasteiger charge is -2.34. The summed E-state index contributed by atoms with van der Waals surface area (Å²) >= 11 is 0. The number of rotatable bonds is 3. The first-order valence-electron chi connectivity index (χ1n) is 8.75. The van der Waals surface area contributed by atoms with E-state index in [0.29, 0.717) is 5.92 Å². The van der Waals surface area contributed by atoms with Gasteiger partial charge in [0, 0.05) is 43.7 Å². The fraction of sp³-hybridized carbons (Fsp3) is 0.789. The van der Waals surface area contributed by atoms with Crippen molar-refractivity contribution < 1.29 is 4.74 Å². The van der Waals surface area contributed by atoms with Crippen LogP contribution in [0.25, 0.3) is 0 Å². The highest BCUT2D eigenvalue weighted by Gasteiger charge is 2.26. The third kappa shape index (κ3) is 4.66. The van der Waals surface area contributed by atoms with Gasteiger partial charge in [-0.25, -0.2) is 9.97 Å². The minimum atomic E-state index is -0.0373. The molecule has 130 valence electrons. The average Bonchev–Trinajstić information content (AvgIpc) is 2.46. The minimum absolute atomic E-state index is 0.0338. The molecule has 0 bridgehead atoms. The summed E-state index contributed by atoms with van der Waals surface area (Å²) in [7, 11) is 1.79. The molecule has 2 heterocycles. The van der Waals surface area contributed by atoms with Gasteiger partial charge >= 0.3 is 0 Å². The third-order valence-corrected chi connectivity index (χ3v) is 4.49. The Labute approximate surface area is 141 Å². The second kappa shape index (κ2) is 6.76. The summed E-state index contributed by atoms with van der Waals surface area (Å²) in [5, 5.41) is 0. The molecule has 1 aromatic heterocycles. The van der Waals surface area contributed by atoms with Gasteiger partial charge in [0.15, 0.2) is 0 Å². The predicted molar refractivity (Wildman–Crippen MR) is 96.2 cm³/mol. The number of hydrogen-bond acceptors (Lipinski definition) is 4. The molecule has 0 N–H and O–H groups in total. The first-order chi connectivity index (χ1) is 10.6. The van der Waals surface area contributed by atoms with Crippen LogP contribution in [0.2, 0.25) is 0 Å². The molecule has 4 nitrogen and oxygen atoms in total. The molecule has 1 aromatic rings. The van der Waals surface area contributed by atoms with Gasteiger partial charge in [-0.1, -0.05) is 41.5 Å². The molecule has 0 spiro atoms. The molecular formula is C19H33N3O. The van der Waals surface area contributed by atoms with E-state index in [1.807, 2.05) is 0 Å². The zero-order valence-corrected chi connectivity index (χ0v) is 15.9. The highest BCUT2D eigenvalue weighted by Crippen LogP contribution is 2.30. The first kappa shape index (κ1) is 18.2. The Balaban J connectivity index is 2.28. The second-order valence-corrected chi connectivity index (χ2v) is 8.82. The Morgan fingerprint density at radius 1 is 1.04 bits per heavy atom. The van der Waals surface area contributed by atoms with Gasteiger partial charge in [-0.05, 0) is 18.8 Å². The topological polar surface area (TPSA) is 38.2 Å². The predicted octanol–water partition coefficient (Wildman–Crippen LogP) is 3.93. The van der Waals surface area contributed by atoms with Gasteiger partial charge in [0.25, 0.3) is 0 Å². The number of ether oxygens (including phenoxy) is 1. The van der Waals surface area contributed by atoms with Crippen molar-refractivity contribution in [3.05, 3.63) is 17.6 Å². The molecule has 0 aromatic carbocycles. The van der Waals surface area contributed by atoms with Crippen molar-refractivity contribution in [3.63, 3.8) is 0 Å². The van der Waals surface area contributed by atoms with Gasteiger partial charge in [0.1, 0.15) is 11.6 Å². The van der Waals surface area contributed by atoms with Crippen LogP contribution in [0.5, 0.6) is 0 Å². The van der Waals surface area contributed by atoms with Gasteiger partial charge in [-0.2, -0.15) is 0 Å². The Bertz CT molecular complexity index is 488. The smallest absolute Gasteiger partial charge is 0.136 e. The van der Waals surface area contributed by atoms with Crippen molar-refractivity contribution in [2.24, 2.45) is 5.92 Å². The molecule has 0 unspecified atom stereocenters. The summed E-state index contributed by atoms with van der Waals surface area (Å²) in [6, 6.07) is 2.19. The quantitative estimate of drug-likeness (QED) is 0.846. The van der Waals surface area contributed by atoms with Crippen molar-refractivity contribution in [1.82, 2.24) is 9.97 Å². The number of piperidine rings is 1. The lowest BCUT2D eigenvalue weighted by atomic mass is 9.90. The van der Waals surface area contributed by atoms with E-state index >= 15 is 0 Å². The maximum Gasteiger partial charge on any atom is 0.136 e. The fourth-order valence-electron chi connectivity index (χ4n) is 2.88. The summed E-state index contributed by atoms with van der Waals surface area (Å²) in [6.45, 7) is 16.2. The van der Waals surface area contributed by atoms with Crippen molar-refractivity contribution in [2.45, 2.75) is 65.2 Å². The van der Waals surface area contributed by atoms with E-state index in [-0.39, 0.29) is 10.8 Å². The number of hydrogen-bond donors (Lipinski definition) is 0. The zero-order chi connectivity index (χ0) is 17.3. The molecule has 1 aliphatic heterocycles. The molecule has 2 rings (SSSR count). The summed E-state index contributed by atoms with van der Waals surface area (Å²) < 4.78 is 5.31. The second-order valence-electron chi connectivity index (χ2n) is 8.82. The normalized spacial score (nSPS) is 17.6. The van der Waals surface area contributed by atoms with E-state index in [0.717, 1.165) is 37.0 Å². The van der Waals surface area contributed by atoms with Gasteiger partial charge in [0.2, 0.25) is 0 Å². The lowest BCUT2D eigenvalue weighted by Crippen LogP contribution is -2.36. The monoisotopic (exact) mass is 319 g/mol. The molecular weight excluding hydrogens is 286 g/mol. The van der Waals surface area contributed by atoms with Crippen molar-refractivity contribution in [3.8, 4) is 0 Å². The molecule has 23 heavy (non-hydrogen) atoms. The van der Waals surface area contributed by atoms with E-state index < -0.39 is 0 Å². The molecule has 0 atom stereocenters. The van der Waals surface area contributed by atoms with Crippen LogP contribution in [0.15, 0.2) is 6.07 Å². The van der Waals surface area contributed by atoms with E-state index in [4.69, 9.17) is 14.7 Å². The Kier molecular flexibility index (Phi) is 5.34. The average molecular weight is 319 g/mol. The van der Waals surface area contributed by atoms with Gasteiger partial charge in [0.05, 0.1) is 5.69 Å². The molecule has 0 saturated carbocycles. The molecule has 1 aliphatic rings. The molecule has 1 fully saturated rings.